The van der Waals surface area contributed by atoms with Crippen molar-refractivity contribution in [2.75, 3.05) is 13.2 Å². The summed E-state index contributed by atoms with van der Waals surface area (Å²) in [5.74, 6) is 4.51. The first-order valence-electron chi connectivity index (χ1n) is 8.61. The molecule has 0 aliphatic heterocycles. The van der Waals surface area contributed by atoms with Gasteiger partial charge in [0.1, 0.15) is 13.2 Å². The second-order valence-electron chi connectivity index (χ2n) is 6.26. The molecule has 0 atom stereocenters. The lowest BCUT2D eigenvalue weighted by Gasteiger charge is -2.27. The lowest BCUT2D eigenvalue weighted by atomic mass is 10.5. The maximum absolute atomic E-state index is 12.6. The van der Waals surface area contributed by atoms with Crippen LogP contribution in [0.4, 0.5) is 0 Å². The number of phosphoric acid groups is 2. The minimum absolute atomic E-state index is 0.166. The quantitative estimate of drug-likeness (QED) is 0.391. The predicted molar refractivity (Wildman–Crippen MR) is 103 cm³/mol. The van der Waals surface area contributed by atoms with Gasteiger partial charge in [-0.15, -0.1) is 0 Å². The normalized spacial score (nSPS) is 12.2. The summed E-state index contributed by atoms with van der Waals surface area (Å²) in [6.07, 6.45) is -1.77. The van der Waals surface area contributed by atoms with Crippen LogP contribution in [0.25, 0.3) is 0 Å². The van der Waals surface area contributed by atoms with Crippen molar-refractivity contribution in [1.29, 1.82) is 0 Å². The van der Waals surface area contributed by atoms with Crippen LogP contribution in [-0.4, -0.2) is 47.8 Å². The topological polar surface area (TPSA) is 121 Å². The van der Waals surface area contributed by atoms with E-state index in [1.807, 2.05) is 0 Å². The van der Waals surface area contributed by atoms with Crippen LogP contribution in [0.2, 0.25) is 0 Å². The molecule has 27 heavy (non-hydrogen) atoms. The summed E-state index contributed by atoms with van der Waals surface area (Å²) in [4.78, 5) is 0. The number of aliphatic hydroxyl groups excluding tert-OH is 2. The molecule has 162 valence electrons. The summed E-state index contributed by atoms with van der Waals surface area (Å²) in [6, 6.07) is 0. The van der Waals surface area contributed by atoms with Gasteiger partial charge in [0, 0.05) is 0 Å². The Balaban J connectivity index is 0. The third-order valence-corrected chi connectivity index (χ3v) is 6.16. The van der Waals surface area contributed by atoms with Crippen LogP contribution in [0.5, 0.6) is 0 Å². The Hall–Kier alpha value is -0.260. The van der Waals surface area contributed by atoms with Crippen molar-refractivity contribution in [2.45, 2.75) is 79.8 Å². The molecule has 0 unspecified atom stereocenters. The minimum Gasteiger partial charge on any atom is -0.384 e. The van der Waals surface area contributed by atoms with Crippen molar-refractivity contribution in [3.05, 3.63) is 0 Å². The van der Waals surface area contributed by atoms with Gasteiger partial charge >= 0.3 is 15.6 Å². The van der Waals surface area contributed by atoms with E-state index in [1.165, 1.54) is 0 Å². The van der Waals surface area contributed by atoms with Crippen LogP contribution in [0.3, 0.4) is 0 Å². The number of hydrogen-bond acceptors (Lipinski definition) is 9. The zero-order valence-electron chi connectivity index (χ0n) is 17.4. The average molecular weight is 432 g/mol. The molecule has 2 N–H and O–H groups in total. The summed E-state index contributed by atoms with van der Waals surface area (Å²) in [6.45, 7) is 13.0. The summed E-state index contributed by atoms with van der Waals surface area (Å²) in [5, 5.41) is 15.8. The highest BCUT2D eigenvalue weighted by Crippen LogP contribution is 2.67. The molecule has 0 aliphatic rings. The number of phosphoric ester groups is 2. The highest BCUT2D eigenvalue weighted by Gasteiger charge is 2.43. The first-order valence-corrected chi connectivity index (χ1v) is 11.5. The van der Waals surface area contributed by atoms with Gasteiger partial charge in [-0.3, -0.25) is 18.1 Å². The third-order valence-electron chi connectivity index (χ3n) is 1.84. The molecule has 0 bridgehead atoms. The van der Waals surface area contributed by atoms with Crippen LogP contribution in [0, 0.1) is 11.8 Å². The van der Waals surface area contributed by atoms with Gasteiger partial charge in [-0.25, -0.2) is 9.13 Å². The van der Waals surface area contributed by atoms with Gasteiger partial charge in [0.2, 0.25) is 0 Å². The molecule has 0 aromatic rings. The summed E-state index contributed by atoms with van der Waals surface area (Å²) in [5.41, 5.74) is 0. The molecule has 9 nitrogen and oxygen atoms in total. The van der Waals surface area contributed by atoms with Gasteiger partial charge < -0.3 is 10.2 Å². The van der Waals surface area contributed by atoms with Crippen LogP contribution < -0.4 is 0 Å². The van der Waals surface area contributed by atoms with E-state index in [0.717, 1.165) is 0 Å². The number of hydrogen-bond donors (Lipinski definition) is 2. The van der Waals surface area contributed by atoms with Gasteiger partial charge in [-0.2, -0.15) is 4.31 Å². The monoisotopic (exact) mass is 432 g/mol. The smallest absolute Gasteiger partial charge is 0.384 e. The Bertz CT molecular complexity index is 464. The predicted octanol–water partition coefficient (Wildman–Crippen LogP) is 3.89. The Labute approximate surface area is 162 Å². The zero-order chi connectivity index (χ0) is 21.7. The molecular formula is C16H34O9P2. The Kier molecular flexibility index (Phi) is 15.8. The standard InChI is InChI=1S/C12H28O7P2.C4H6O2/c1-9(2)15-20(13,16-10(3)4)19-21(14,17-11(5)6)18-12(7)8;5-3-1-2-4-6/h9-12H,1-8H3;5-6H,3-4H2. The van der Waals surface area contributed by atoms with Crippen molar-refractivity contribution in [3.8, 4) is 11.8 Å². The lowest BCUT2D eigenvalue weighted by molar-refractivity contribution is 0.0629. The molecule has 0 rings (SSSR count). The van der Waals surface area contributed by atoms with Gasteiger partial charge in [-0.05, 0) is 55.4 Å². The highest BCUT2D eigenvalue weighted by molar-refractivity contribution is 7.62. The van der Waals surface area contributed by atoms with Gasteiger partial charge in [-0.1, -0.05) is 11.8 Å². The van der Waals surface area contributed by atoms with E-state index < -0.39 is 40.1 Å². The molecule has 0 heterocycles. The van der Waals surface area contributed by atoms with Crippen molar-refractivity contribution >= 4 is 15.6 Å². The third kappa shape index (κ3) is 17.6. The van der Waals surface area contributed by atoms with E-state index in [4.69, 9.17) is 32.6 Å². The Morgan fingerprint density at radius 1 is 0.630 bits per heavy atom. The van der Waals surface area contributed by atoms with Crippen LogP contribution in [0.15, 0.2) is 0 Å². The Morgan fingerprint density at radius 3 is 1.00 bits per heavy atom. The summed E-state index contributed by atoms with van der Waals surface area (Å²) < 4.78 is 51.1. The van der Waals surface area contributed by atoms with Crippen LogP contribution in [-0.2, 0) is 31.5 Å². The summed E-state index contributed by atoms with van der Waals surface area (Å²) in [7, 11) is -8.16. The molecule has 0 saturated heterocycles. The summed E-state index contributed by atoms with van der Waals surface area (Å²) >= 11 is 0. The van der Waals surface area contributed by atoms with Gasteiger partial charge in [0.05, 0.1) is 24.4 Å². The molecular weight excluding hydrogens is 398 g/mol. The van der Waals surface area contributed by atoms with Gasteiger partial charge in [0.15, 0.2) is 0 Å². The SMILES string of the molecule is CC(C)OP(=O)(OC(C)C)OP(=O)(OC(C)C)OC(C)C.OCC#CCO. The lowest BCUT2D eigenvalue weighted by Crippen LogP contribution is -2.14. The fourth-order valence-corrected chi connectivity index (χ4v) is 5.15. The second kappa shape index (κ2) is 14.7. The van der Waals surface area contributed by atoms with Crippen LogP contribution in [0.1, 0.15) is 55.4 Å². The van der Waals surface area contributed by atoms with E-state index in [-0.39, 0.29) is 13.2 Å². The fourth-order valence-electron chi connectivity index (χ4n) is 1.39. The highest BCUT2D eigenvalue weighted by atomic mass is 31.3. The van der Waals surface area contributed by atoms with Crippen molar-refractivity contribution in [3.63, 3.8) is 0 Å². The average Bonchev–Trinajstić information content (AvgIpc) is 2.40. The largest absolute Gasteiger partial charge is 0.484 e. The van der Waals surface area contributed by atoms with E-state index in [2.05, 4.69) is 11.8 Å². The van der Waals surface area contributed by atoms with Crippen molar-refractivity contribution in [2.24, 2.45) is 0 Å². The molecule has 0 aromatic heterocycles. The molecule has 0 fully saturated rings. The van der Waals surface area contributed by atoms with E-state index in [9.17, 15) is 9.13 Å². The second-order valence-corrected chi connectivity index (χ2v) is 9.55. The number of rotatable bonds is 10. The minimum atomic E-state index is -4.08. The molecule has 0 radical (unpaired) electrons. The maximum Gasteiger partial charge on any atom is 0.484 e. The maximum atomic E-state index is 12.6. The van der Waals surface area contributed by atoms with Crippen molar-refractivity contribution < 1.29 is 41.7 Å². The first-order chi connectivity index (χ1) is 12.3. The molecule has 0 amide bonds. The van der Waals surface area contributed by atoms with E-state index in [1.54, 1.807) is 55.4 Å². The zero-order valence-corrected chi connectivity index (χ0v) is 19.2. The molecule has 0 aliphatic carbocycles. The number of aliphatic hydroxyl groups is 2. The molecule has 0 aromatic carbocycles. The Morgan fingerprint density at radius 2 is 0.852 bits per heavy atom. The van der Waals surface area contributed by atoms with Gasteiger partial charge in [0.25, 0.3) is 0 Å². The van der Waals surface area contributed by atoms with Crippen LogP contribution >= 0.6 is 15.6 Å². The van der Waals surface area contributed by atoms with E-state index >= 15 is 0 Å². The van der Waals surface area contributed by atoms with Crippen molar-refractivity contribution in [1.82, 2.24) is 0 Å². The molecule has 0 spiro atoms. The molecule has 11 heteroatoms. The fraction of sp³-hybridized carbons (Fsp3) is 0.875. The van der Waals surface area contributed by atoms with E-state index in [0.29, 0.717) is 0 Å². The first kappa shape index (κ1) is 28.9. The molecule has 0 saturated carbocycles.